The van der Waals surface area contributed by atoms with Crippen LogP contribution in [0.3, 0.4) is 0 Å². The van der Waals surface area contributed by atoms with Gasteiger partial charge in [0.25, 0.3) is 0 Å². The third kappa shape index (κ3) is 2.39. The van der Waals surface area contributed by atoms with Crippen molar-refractivity contribution < 1.29 is 4.79 Å². The highest BCUT2D eigenvalue weighted by Gasteiger charge is 1.91. The molecule has 0 bridgehead atoms. The topological polar surface area (TPSA) is 17.1 Å². The van der Waals surface area contributed by atoms with Crippen LogP contribution in [-0.2, 0) is 4.79 Å². The number of hydrogen-bond donors (Lipinski definition) is 0. The van der Waals surface area contributed by atoms with Crippen LogP contribution in [0.1, 0.15) is 13.3 Å². The summed E-state index contributed by atoms with van der Waals surface area (Å²) in [5.74, 6) is 0. The van der Waals surface area contributed by atoms with Gasteiger partial charge in [0.05, 0.1) is 4.83 Å². The third-order valence-corrected chi connectivity index (χ3v) is 1.40. The zero-order valence-electron chi connectivity index (χ0n) is 3.65. The van der Waals surface area contributed by atoms with E-state index >= 15 is 0 Å². The Morgan fingerprint density at radius 2 is 2.50 bits per heavy atom. The molecule has 0 saturated carbocycles. The summed E-state index contributed by atoms with van der Waals surface area (Å²) in [5, 5.41) is 0. The molecule has 0 radical (unpaired) electrons. The quantitative estimate of drug-likeness (QED) is 0.430. The van der Waals surface area contributed by atoms with Crippen molar-refractivity contribution in [3.05, 3.63) is 0 Å². The number of carbonyl (C=O) groups excluding carboxylic acids is 1. The van der Waals surface area contributed by atoms with E-state index in [1.807, 2.05) is 6.92 Å². The zero-order valence-corrected chi connectivity index (χ0v) is 5.23. The highest BCUT2D eigenvalue weighted by atomic mass is 79.9. The molecule has 0 rings (SSSR count). The second-order valence-electron chi connectivity index (χ2n) is 1.06. The molecule has 1 nitrogen and oxygen atoms in total. The monoisotopic (exact) mass is 150 g/mol. The minimum Gasteiger partial charge on any atom is -0.302 e. The Kier molecular flexibility index (Phi) is 3.43. The van der Waals surface area contributed by atoms with Crippen molar-refractivity contribution in [2.45, 2.75) is 18.2 Å². The summed E-state index contributed by atoms with van der Waals surface area (Å²) in [5.41, 5.74) is 0. The van der Waals surface area contributed by atoms with E-state index in [1.165, 1.54) is 0 Å². The molecule has 0 aliphatic heterocycles. The van der Waals surface area contributed by atoms with Gasteiger partial charge in [0.15, 0.2) is 0 Å². The van der Waals surface area contributed by atoms with Crippen molar-refractivity contribution >= 4 is 22.2 Å². The van der Waals surface area contributed by atoms with Crippen LogP contribution in [0.25, 0.3) is 0 Å². The van der Waals surface area contributed by atoms with Crippen LogP contribution in [0, 0.1) is 0 Å². The largest absolute Gasteiger partial charge is 0.302 e. The summed E-state index contributed by atoms with van der Waals surface area (Å²) in [7, 11) is 0. The van der Waals surface area contributed by atoms with Gasteiger partial charge < -0.3 is 4.79 Å². The maximum Gasteiger partial charge on any atom is 0.133 e. The minimum absolute atomic E-state index is 0.0671. The predicted octanol–water partition coefficient (Wildman–Crippen LogP) is 1.36. The van der Waals surface area contributed by atoms with Gasteiger partial charge >= 0.3 is 0 Å². The van der Waals surface area contributed by atoms with Crippen molar-refractivity contribution in [2.24, 2.45) is 0 Å². The van der Waals surface area contributed by atoms with Crippen molar-refractivity contribution in [2.75, 3.05) is 0 Å². The number of carbonyl (C=O) groups is 1. The van der Waals surface area contributed by atoms with E-state index in [9.17, 15) is 4.79 Å². The van der Waals surface area contributed by atoms with Crippen molar-refractivity contribution in [1.82, 2.24) is 0 Å². The summed E-state index contributed by atoms with van der Waals surface area (Å²) in [6.45, 7) is 1.95. The summed E-state index contributed by atoms with van der Waals surface area (Å²) < 4.78 is 0. The molecule has 0 amide bonds. The van der Waals surface area contributed by atoms with Crippen LogP contribution >= 0.6 is 15.9 Å². The number of hydrogen-bond acceptors (Lipinski definition) is 1. The SMILES string of the molecule is CC[C@@H](Br)C=O. The Balaban J connectivity index is 2.96. The molecule has 1 atom stereocenters. The number of alkyl halides is 1. The summed E-state index contributed by atoms with van der Waals surface area (Å²) in [6.07, 6.45) is 1.77. The van der Waals surface area contributed by atoms with Gasteiger partial charge in [-0.2, -0.15) is 0 Å². The maximum atomic E-state index is 9.69. The van der Waals surface area contributed by atoms with E-state index < -0.39 is 0 Å². The molecule has 2 heteroatoms. The lowest BCUT2D eigenvalue weighted by Crippen LogP contribution is -1.93. The Morgan fingerprint density at radius 1 is 2.00 bits per heavy atom. The van der Waals surface area contributed by atoms with E-state index in [-0.39, 0.29) is 4.83 Å². The van der Waals surface area contributed by atoms with E-state index in [2.05, 4.69) is 15.9 Å². The lowest BCUT2D eigenvalue weighted by Gasteiger charge is -1.87. The zero-order chi connectivity index (χ0) is 4.99. The van der Waals surface area contributed by atoms with E-state index in [0.29, 0.717) is 0 Å². The summed E-state index contributed by atoms with van der Waals surface area (Å²) in [4.78, 5) is 9.76. The third-order valence-electron chi connectivity index (χ3n) is 0.538. The normalized spacial score (nSPS) is 13.7. The summed E-state index contributed by atoms with van der Waals surface area (Å²) in [6, 6.07) is 0. The lowest BCUT2D eigenvalue weighted by atomic mass is 10.4. The number of halogens is 1. The van der Waals surface area contributed by atoms with E-state index in [1.54, 1.807) is 0 Å². The van der Waals surface area contributed by atoms with Crippen molar-refractivity contribution in [1.29, 1.82) is 0 Å². The Labute approximate surface area is 45.9 Å². The first kappa shape index (κ1) is 6.15. The van der Waals surface area contributed by atoms with Gasteiger partial charge in [0.1, 0.15) is 6.29 Å². The molecule has 0 spiro atoms. The number of aldehydes is 1. The van der Waals surface area contributed by atoms with Gasteiger partial charge in [-0.05, 0) is 6.42 Å². The molecule has 0 N–H and O–H groups in total. The fourth-order valence-corrected chi connectivity index (χ4v) is 0.0962. The summed E-state index contributed by atoms with van der Waals surface area (Å²) >= 11 is 3.11. The molecule has 0 unspecified atom stereocenters. The first-order valence-corrected chi connectivity index (χ1v) is 2.82. The highest BCUT2D eigenvalue weighted by molar-refractivity contribution is 9.09. The molecular weight excluding hydrogens is 144 g/mol. The molecule has 0 aromatic heterocycles. The van der Waals surface area contributed by atoms with Gasteiger partial charge in [0, 0.05) is 0 Å². The first-order valence-electron chi connectivity index (χ1n) is 1.90. The van der Waals surface area contributed by atoms with Gasteiger partial charge in [-0.1, -0.05) is 22.9 Å². The fourth-order valence-electron chi connectivity index (χ4n) is 0.0962. The second-order valence-corrected chi connectivity index (χ2v) is 2.24. The average molecular weight is 151 g/mol. The molecule has 0 fully saturated rings. The van der Waals surface area contributed by atoms with Crippen molar-refractivity contribution in [3.63, 3.8) is 0 Å². The van der Waals surface area contributed by atoms with Gasteiger partial charge in [0.2, 0.25) is 0 Å². The molecule has 0 aromatic carbocycles. The van der Waals surface area contributed by atoms with E-state index in [4.69, 9.17) is 0 Å². The Hall–Kier alpha value is 0.150. The molecule has 0 aliphatic carbocycles. The van der Waals surface area contributed by atoms with Gasteiger partial charge in [-0.3, -0.25) is 0 Å². The molecule has 0 aromatic rings. The van der Waals surface area contributed by atoms with Crippen LogP contribution in [-0.4, -0.2) is 11.1 Å². The van der Waals surface area contributed by atoms with Crippen LogP contribution in [0.2, 0.25) is 0 Å². The molecule has 0 saturated heterocycles. The molecule has 0 aliphatic rings. The van der Waals surface area contributed by atoms with Crippen LogP contribution in [0.5, 0.6) is 0 Å². The van der Waals surface area contributed by atoms with Crippen LogP contribution < -0.4 is 0 Å². The van der Waals surface area contributed by atoms with Gasteiger partial charge in [-0.15, -0.1) is 0 Å². The highest BCUT2D eigenvalue weighted by Crippen LogP contribution is 1.97. The molecular formula is C4H7BrO. The molecule has 36 valence electrons. The number of rotatable bonds is 2. The van der Waals surface area contributed by atoms with Crippen molar-refractivity contribution in [3.8, 4) is 0 Å². The van der Waals surface area contributed by atoms with Crippen LogP contribution in [0.15, 0.2) is 0 Å². The van der Waals surface area contributed by atoms with Crippen LogP contribution in [0.4, 0.5) is 0 Å². The smallest absolute Gasteiger partial charge is 0.133 e. The second kappa shape index (κ2) is 3.34. The molecule has 6 heavy (non-hydrogen) atoms. The Morgan fingerprint density at radius 3 is 2.50 bits per heavy atom. The molecule has 0 heterocycles. The lowest BCUT2D eigenvalue weighted by molar-refractivity contribution is -0.107. The predicted molar refractivity (Wildman–Crippen MR) is 29.1 cm³/mol. The minimum atomic E-state index is 0.0671. The first-order chi connectivity index (χ1) is 2.81. The Bertz CT molecular complexity index is 44.8. The standard InChI is InChI=1S/C4H7BrO/c1-2-4(5)3-6/h3-4H,2H2,1H3/t4-/m1/s1. The fraction of sp³-hybridized carbons (Fsp3) is 0.750. The van der Waals surface area contributed by atoms with Gasteiger partial charge in [-0.25, -0.2) is 0 Å². The average Bonchev–Trinajstić information content (AvgIpc) is 1.65. The van der Waals surface area contributed by atoms with E-state index in [0.717, 1.165) is 12.7 Å². The maximum absolute atomic E-state index is 9.69.